The Morgan fingerprint density at radius 2 is 2.08 bits per heavy atom. The van der Waals surface area contributed by atoms with Gasteiger partial charge >= 0.3 is 0 Å². The molecule has 0 aliphatic carbocycles. The fourth-order valence-electron chi connectivity index (χ4n) is 1.92. The fraction of sp³-hybridized carbons (Fsp3) is 1.00. The molecule has 2 fully saturated rings. The summed E-state index contributed by atoms with van der Waals surface area (Å²) in [5.41, 5.74) is 0. The van der Waals surface area contributed by atoms with E-state index in [2.05, 4.69) is 4.90 Å². The summed E-state index contributed by atoms with van der Waals surface area (Å²) in [6.45, 7) is 3.89. The Labute approximate surface area is 78.4 Å². The number of hydrogen-bond donors (Lipinski definition) is 1. The zero-order valence-electron chi connectivity index (χ0n) is 7.82. The van der Waals surface area contributed by atoms with E-state index in [0.29, 0.717) is 13.4 Å². The smallest absolute Gasteiger partial charge is 0.147 e. The van der Waals surface area contributed by atoms with Crippen molar-refractivity contribution in [3.63, 3.8) is 0 Å². The molecule has 0 bridgehead atoms. The predicted molar refractivity (Wildman–Crippen MR) is 47.4 cm³/mol. The molecule has 2 atom stereocenters. The second kappa shape index (κ2) is 4.37. The van der Waals surface area contributed by atoms with E-state index in [-0.39, 0.29) is 6.10 Å². The maximum absolute atomic E-state index is 9.55. The Hall–Kier alpha value is -0.160. The van der Waals surface area contributed by atoms with Crippen molar-refractivity contribution in [1.82, 2.24) is 4.90 Å². The molecule has 2 heterocycles. The topological polar surface area (TPSA) is 41.9 Å². The van der Waals surface area contributed by atoms with Gasteiger partial charge < -0.3 is 19.5 Å². The molecule has 0 spiro atoms. The van der Waals surface area contributed by atoms with Crippen LogP contribution in [0.2, 0.25) is 0 Å². The first-order valence-electron chi connectivity index (χ1n) is 4.96. The number of likely N-dealkylation sites (tertiary alicyclic amines) is 1. The molecule has 2 saturated heterocycles. The van der Waals surface area contributed by atoms with Crippen LogP contribution >= 0.6 is 0 Å². The van der Waals surface area contributed by atoms with Crippen molar-refractivity contribution in [2.24, 2.45) is 0 Å². The largest absolute Gasteiger partial charge is 0.388 e. The van der Waals surface area contributed by atoms with Crippen molar-refractivity contribution in [3.05, 3.63) is 0 Å². The number of ether oxygens (including phenoxy) is 2. The lowest BCUT2D eigenvalue weighted by Crippen LogP contribution is -2.45. The quantitative estimate of drug-likeness (QED) is 0.651. The van der Waals surface area contributed by atoms with E-state index < -0.39 is 6.10 Å². The summed E-state index contributed by atoms with van der Waals surface area (Å²) in [6.07, 6.45) is 2.06. The van der Waals surface area contributed by atoms with Gasteiger partial charge in [0.15, 0.2) is 0 Å². The van der Waals surface area contributed by atoms with E-state index >= 15 is 0 Å². The second-order valence-electron chi connectivity index (χ2n) is 3.77. The minimum Gasteiger partial charge on any atom is -0.388 e. The number of aliphatic hydroxyl groups is 1. The van der Waals surface area contributed by atoms with Crippen molar-refractivity contribution < 1.29 is 14.6 Å². The summed E-state index contributed by atoms with van der Waals surface area (Å²) in [5.74, 6) is 0. The van der Waals surface area contributed by atoms with Crippen molar-refractivity contribution in [2.75, 3.05) is 33.0 Å². The fourth-order valence-corrected chi connectivity index (χ4v) is 1.92. The van der Waals surface area contributed by atoms with E-state index in [1.807, 2.05) is 0 Å². The molecule has 4 heteroatoms. The van der Waals surface area contributed by atoms with E-state index in [0.717, 1.165) is 19.6 Å². The summed E-state index contributed by atoms with van der Waals surface area (Å²) in [4.78, 5) is 2.35. The number of nitrogens with zero attached hydrogens (tertiary/aromatic N) is 1. The standard InChI is InChI=1S/C9H17NO3/c11-8-6-12-7-13-9(8)5-10-3-1-2-4-10/h8-9,11H,1-7H2. The van der Waals surface area contributed by atoms with Crippen molar-refractivity contribution in [2.45, 2.75) is 25.0 Å². The van der Waals surface area contributed by atoms with Crippen LogP contribution in [0.4, 0.5) is 0 Å². The van der Waals surface area contributed by atoms with Crippen LogP contribution in [-0.4, -0.2) is 55.2 Å². The SMILES string of the molecule is OC1COCOC1CN1CCCC1. The Bertz CT molecular complexity index is 159. The average Bonchev–Trinajstić information content (AvgIpc) is 2.61. The van der Waals surface area contributed by atoms with Crippen molar-refractivity contribution >= 4 is 0 Å². The van der Waals surface area contributed by atoms with Crippen LogP contribution in [-0.2, 0) is 9.47 Å². The van der Waals surface area contributed by atoms with Gasteiger partial charge in [-0.3, -0.25) is 0 Å². The van der Waals surface area contributed by atoms with Gasteiger partial charge in [0, 0.05) is 6.54 Å². The first-order chi connectivity index (χ1) is 6.36. The third-order valence-corrected chi connectivity index (χ3v) is 2.72. The first-order valence-corrected chi connectivity index (χ1v) is 4.96. The van der Waals surface area contributed by atoms with Crippen molar-refractivity contribution in [1.29, 1.82) is 0 Å². The Balaban J connectivity index is 1.78. The molecule has 76 valence electrons. The lowest BCUT2D eigenvalue weighted by atomic mass is 10.2. The van der Waals surface area contributed by atoms with Gasteiger partial charge in [-0.25, -0.2) is 0 Å². The van der Waals surface area contributed by atoms with Crippen LogP contribution in [0, 0.1) is 0 Å². The predicted octanol–water partition coefficient (Wildman–Crippen LogP) is -0.184. The summed E-state index contributed by atoms with van der Waals surface area (Å²) >= 11 is 0. The van der Waals surface area contributed by atoms with Gasteiger partial charge in [-0.2, -0.15) is 0 Å². The minimum atomic E-state index is -0.450. The number of aliphatic hydroxyl groups excluding tert-OH is 1. The van der Waals surface area contributed by atoms with Gasteiger partial charge in [-0.15, -0.1) is 0 Å². The normalized spacial score (nSPS) is 36.7. The molecule has 2 rings (SSSR count). The van der Waals surface area contributed by atoms with Gasteiger partial charge in [-0.05, 0) is 25.9 Å². The highest BCUT2D eigenvalue weighted by Crippen LogP contribution is 2.13. The summed E-state index contributed by atoms with van der Waals surface area (Å²) in [6, 6.07) is 0. The van der Waals surface area contributed by atoms with Crippen LogP contribution < -0.4 is 0 Å². The molecule has 4 nitrogen and oxygen atoms in total. The monoisotopic (exact) mass is 187 g/mol. The first kappa shape index (κ1) is 9.40. The van der Waals surface area contributed by atoms with Gasteiger partial charge in [0.2, 0.25) is 0 Å². The van der Waals surface area contributed by atoms with Crippen LogP contribution in [0.1, 0.15) is 12.8 Å². The highest BCUT2D eigenvalue weighted by Gasteiger charge is 2.27. The van der Waals surface area contributed by atoms with E-state index in [4.69, 9.17) is 9.47 Å². The highest BCUT2D eigenvalue weighted by molar-refractivity contribution is 4.77. The van der Waals surface area contributed by atoms with E-state index in [9.17, 15) is 5.11 Å². The Morgan fingerprint density at radius 3 is 2.77 bits per heavy atom. The molecule has 0 radical (unpaired) electrons. The maximum atomic E-state index is 9.55. The van der Waals surface area contributed by atoms with Gasteiger partial charge in [0.1, 0.15) is 19.0 Å². The Morgan fingerprint density at radius 1 is 1.31 bits per heavy atom. The third kappa shape index (κ3) is 2.40. The molecule has 0 aromatic carbocycles. The lowest BCUT2D eigenvalue weighted by molar-refractivity contribution is -0.197. The lowest BCUT2D eigenvalue weighted by Gasteiger charge is -2.30. The molecule has 2 unspecified atom stereocenters. The number of rotatable bonds is 2. The zero-order chi connectivity index (χ0) is 9.10. The molecule has 0 aromatic heterocycles. The summed E-state index contributed by atoms with van der Waals surface area (Å²) < 4.78 is 10.3. The molecule has 0 aromatic rings. The van der Waals surface area contributed by atoms with Crippen molar-refractivity contribution in [3.8, 4) is 0 Å². The van der Waals surface area contributed by atoms with Gasteiger partial charge in [-0.1, -0.05) is 0 Å². The highest BCUT2D eigenvalue weighted by atomic mass is 16.7. The second-order valence-corrected chi connectivity index (χ2v) is 3.77. The molecular weight excluding hydrogens is 170 g/mol. The molecule has 2 aliphatic rings. The van der Waals surface area contributed by atoms with E-state index in [1.165, 1.54) is 12.8 Å². The Kier molecular flexibility index (Phi) is 3.16. The summed E-state index contributed by atoms with van der Waals surface area (Å²) in [7, 11) is 0. The molecular formula is C9H17NO3. The molecule has 0 amide bonds. The van der Waals surface area contributed by atoms with Crippen LogP contribution in [0.5, 0.6) is 0 Å². The van der Waals surface area contributed by atoms with Gasteiger partial charge in [0.25, 0.3) is 0 Å². The van der Waals surface area contributed by atoms with Crippen LogP contribution in [0.3, 0.4) is 0 Å². The van der Waals surface area contributed by atoms with Crippen LogP contribution in [0.25, 0.3) is 0 Å². The van der Waals surface area contributed by atoms with Gasteiger partial charge in [0.05, 0.1) is 6.61 Å². The molecule has 13 heavy (non-hydrogen) atoms. The molecule has 2 aliphatic heterocycles. The van der Waals surface area contributed by atoms with Crippen LogP contribution in [0.15, 0.2) is 0 Å². The van der Waals surface area contributed by atoms with E-state index in [1.54, 1.807) is 0 Å². The summed E-state index contributed by atoms with van der Waals surface area (Å²) in [5, 5.41) is 9.55. The minimum absolute atomic E-state index is 0.0492. The number of hydrogen-bond acceptors (Lipinski definition) is 4. The average molecular weight is 187 g/mol. The molecule has 1 N–H and O–H groups in total. The zero-order valence-corrected chi connectivity index (χ0v) is 7.82. The maximum Gasteiger partial charge on any atom is 0.147 e. The molecule has 0 saturated carbocycles. The third-order valence-electron chi connectivity index (χ3n) is 2.72.